The average Bonchev–Trinajstić information content (AvgIpc) is 2.75. The first-order valence-electron chi connectivity index (χ1n) is 4.28. The summed E-state index contributed by atoms with van der Waals surface area (Å²) in [7, 11) is -3.93. The Labute approximate surface area is 76.3 Å². The second-order valence-electron chi connectivity index (χ2n) is 2.80. The molecule has 0 unspecified atom stereocenters. The van der Waals surface area contributed by atoms with Gasteiger partial charge in [0.15, 0.2) is 0 Å². The summed E-state index contributed by atoms with van der Waals surface area (Å²) in [5.74, 6) is 0. The van der Waals surface area contributed by atoms with Gasteiger partial charge in [0.2, 0.25) is 0 Å². The predicted molar refractivity (Wildman–Crippen MR) is 42.6 cm³/mol. The molecule has 2 aliphatic heterocycles. The molecular weight excluding hydrogens is 196 g/mol. The van der Waals surface area contributed by atoms with Crippen molar-refractivity contribution in [3.8, 4) is 0 Å². The van der Waals surface area contributed by atoms with Crippen molar-refractivity contribution in [1.82, 2.24) is 0 Å². The molecular formula is C6H13O6Si-. The van der Waals surface area contributed by atoms with E-state index in [0.717, 1.165) is 0 Å². The average molecular weight is 209 g/mol. The Balaban J connectivity index is 2.09. The molecule has 1 spiro atoms. The van der Waals surface area contributed by atoms with E-state index in [1.165, 1.54) is 0 Å². The molecule has 2 fully saturated rings. The van der Waals surface area contributed by atoms with Crippen molar-refractivity contribution >= 4 is 8.57 Å². The van der Waals surface area contributed by atoms with Crippen LogP contribution < -0.4 is 0 Å². The van der Waals surface area contributed by atoms with Gasteiger partial charge in [-0.05, 0) is 0 Å². The van der Waals surface area contributed by atoms with Gasteiger partial charge >= 0.3 is 75.4 Å². The third kappa shape index (κ3) is 1.52. The van der Waals surface area contributed by atoms with Crippen molar-refractivity contribution in [1.29, 1.82) is 0 Å². The quantitative estimate of drug-likeness (QED) is 0.600. The summed E-state index contributed by atoms with van der Waals surface area (Å²) in [4.78, 5) is 0. The summed E-state index contributed by atoms with van der Waals surface area (Å²) >= 11 is 0. The third-order valence-electron chi connectivity index (χ3n) is 1.95. The van der Waals surface area contributed by atoms with E-state index in [-0.39, 0.29) is 13.2 Å². The fraction of sp³-hybridized carbons (Fsp3) is 1.00. The zero-order valence-corrected chi connectivity index (χ0v) is 8.23. The van der Waals surface area contributed by atoms with Crippen LogP contribution >= 0.6 is 0 Å². The van der Waals surface area contributed by atoms with Crippen molar-refractivity contribution < 1.29 is 27.2 Å². The van der Waals surface area contributed by atoms with E-state index in [2.05, 4.69) is 0 Å². The summed E-state index contributed by atoms with van der Waals surface area (Å²) < 4.78 is 26.7. The van der Waals surface area contributed by atoms with Crippen LogP contribution in [0.3, 0.4) is 0 Å². The van der Waals surface area contributed by atoms with Gasteiger partial charge in [0.05, 0.1) is 0 Å². The predicted octanol–water partition coefficient (Wildman–Crippen LogP) is -1.02. The van der Waals surface area contributed by atoms with Gasteiger partial charge < -0.3 is 0 Å². The first kappa shape index (κ1) is 9.53. The number of rotatable bonds is 3. The van der Waals surface area contributed by atoms with E-state index in [1.807, 2.05) is 0 Å². The van der Waals surface area contributed by atoms with Crippen LogP contribution in [0.2, 0.25) is 0 Å². The molecule has 0 aromatic rings. The van der Waals surface area contributed by atoms with Crippen LogP contribution in [0.15, 0.2) is 0 Å². The Morgan fingerprint density at radius 1 is 1.00 bits per heavy atom. The summed E-state index contributed by atoms with van der Waals surface area (Å²) in [6.07, 6.45) is 0. The van der Waals surface area contributed by atoms with Crippen LogP contribution in [0.25, 0.3) is 0 Å². The molecule has 0 radical (unpaired) electrons. The number of aliphatic hydroxyl groups excluding tert-OH is 1. The van der Waals surface area contributed by atoms with Crippen molar-refractivity contribution in [3.63, 3.8) is 0 Å². The number of aliphatic hydroxyl groups is 1. The van der Waals surface area contributed by atoms with E-state index >= 15 is 0 Å². The molecule has 2 saturated heterocycles. The SMILES string of the molecule is OCCO[Si-]12(OCCO1)OCCO2. The van der Waals surface area contributed by atoms with Crippen molar-refractivity contribution in [2.24, 2.45) is 0 Å². The standard InChI is InChI=1S/C6H13O6Si/c7-1-2-8-13(9-3-4-10-13)11-5-6-12-13/h7H,1-6H2/q-1. The van der Waals surface area contributed by atoms with E-state index in [4.69, 9.17) is 27.2 Å². The maximum absolute atomic E-state index is 8.64. The van der Waals surface area contributed by atoms with Crippen LogP contribution in [0.1, 0.15) is 0 Å². The van der Waals surface area contributed by atoms with Gasteiger partial charge in [0.1, 0.15) is 0 Å². The van der Waals surface area contributed by atoms with E-state index < -0.39 is 8.57 Å². The fourth-order valence-electron chi connectivity index (χ4n) is 1.46. The molecule has 13 heavy (non-hydrogen) atoms. The molecule has 0 bridgehead atoms. The monoisotopic (exact) mass is 209 g/mol. The second kappa shape index (κ2) is 3.28. The molecule has 78 valence electrons. The number of hydrogen-bond donors (Lipinski definition) is 1. The molecule has 7 heteroatoms. The Kier molecular flexibility index (Phi) is 2.40. The van der Waals surface area contributed by atoms with Crippen LogP contribution in [0, 0.1) is 0 Å². The Hall–Kier alpha value is -0.0231. The van der Waals surface area contributed by atoms with Gasteiger partial charge in [-0.2, -0.15) is 0 Å². The van der Waals surface area contributed by atoms with Gasteiger partial charge in [-0.15, -0.1) is 0 Å². The minimum absolute atomic E-state index is 0.105. The molecule has 0 amide bonds. The minimum atomic E-state index is -3.93. The summed E-state index contributed by atoms with van der Waals surface area (Å²) in [5, 5.41) is 8.64. The zero-order chi connectivity index (χ0) is 9.23. The van der Waals surface area contributed by atoms with Crippen LogP contribution in [-0.4, -0.2) is 53.3 Å². The fourth-order valence-corrected chi connectivity index (χ4v) is 4.39. The molecule has 0 saturated carbocycles. The Bertz CT molecular complexity index is 162. The molecule has 6 nitrogen and oxygen atoms in total. The zero-order valence-electron chi connectivity index (χ0n) is 7.23. The molecule has 2 aliphatic rings. The van der Waals surface area contributed by atoms with Gasteiger partial charge in [-0.1, -0.05) is 0 Å². The first-order chi connectivity index (χ1) is 6.29. The molecule has 0 atom stereocenters. The van der Waals surface area contributed by atoms with Crippen molar-refractivity contribution in [2.75, 3.05) is 39.6 Å². The van der Waals surface area contributed by atoms with Gasteiger partial charge in [-0.3, -0.25) is 0 Å². The van der Waals surface area contributed by atoms with E-state index in [1.54, 1.807) is 0 Å². The topological polar surface area (TPSA) is 66.4 Å². The molecule has 0 aliphatic carbocycles. The van der Waals surface area contributed by atoms with Gasteiger partial charge in [0, 0.05) is 0 Å². The molecule has 2 rings (SSSR count). The van der Waals surface area contributed by atoms with E-state index in [0.29, 0.717) is 26.4 Å². The van der Waals surface area contributed by atoms with E-state index in [9.17, 15) is 0 Å². The maximum atomic E-state index is 8.64. The third-order valence-corrected chi connectivity index (χ3v) is 5.32. The molecule has 2 heterocycles. The van der Waals surface area contributed by atoms with Crippen LogP contribution in [-0.2, 0) is 22.1 Å². The first-order valence-corrected chi connectivity index (χ1v) is 6.32. The van der Waals surface area contributed by atoms with Crippen molar-refractivity contribution in [3.05, 3.63) is 0 Å². The summed E-state index contributed by atoms with van der Waals surface area (Å²) in [6, 6.07) is 0. The molecule has 0 aromatic carbocycles. The normalized spacial score (nSPS) is 33.2. The summed E-state index contributed by atoms with van der Waals surface area (Å²) in [6.45, 7) is 1.66. The Morgan fingerprint density at radius 2 is 1.46 bits per heavy atom. The number of hydrogen-bond acceptors (Lipinski definition) is 6. The van der Waals surface area contributed by atoms with Crippen LogP contribution in [0.4, 0.5) is 0 Å². The van der Waals surface area contributed by atoms with Crippen LogP contribution in [0.5, 0.6) is 0 Å². The summed E-state index contributed by atoms with van der Waals surface area (Å²) in [5.41, 5.74) is 0. The van der Waals surface area contributed by atoms with Crippen molar-refractivity contribution in [2.45, 2.75) is 0 Å². The Morgan fingerprint density at radius 3 is 1.85 bits per heavy atom. The second-order valence-corrected chi connectivity index (χ2v) is 5.91. The molecule has 0 aromatic heterocycles. The van der Waals surface area contributed by atoms with Gasteiger partial charge in [-0.25, -0.2) is 0 Å². The van der Waals surface area contributed by atoms with Gasteiger partial charge in [0.25, 0.3) is 0 Å². The molecule has 1 N–H and O–H groups in total.